The Hall–Kier alpha value is -4.44. The molecule has 4 heteroatoms. The average Bonchev–Trinajstić information content (AvgIpc) is 3.37. The Morgan fingerprint density at radius 1 is 0.697 bits per heavy atom. The number of nitrogens with one attached hydrogen (secondary N) is 1. The summed E-state index contributed by atoms with van der Waals surface area (Å²) in [7, 11) is 0. The summed E-state index contributed by atoms with van der Waals surface area (Å²) in [6.45, 7) is 0. The van der Waals surface area contributed by atoms with Crippen molar-refractivity contribution in [1.29, 1.82) is 0 Å². The van der Waals surface area contributed by atoms with E-state index in [4.69, 9.17) is 0 Å². The maximum absolute atomic E-state index is 13.6. The third kappa shape index (κ3) is 4.46. The van der Waals surface area contributed by atoms with E-state index in [0.717, 1.165) is 33.6 Å². The van der Waals surface area contributed by atoms with Crippen LogP contribution in [-0.4, -0.2) is 15.7 Å². The molecule has 1 aromatic heterocycles. The zero-order valence-corrected chi connectivity index (χ0v) is 18.0. The minimum absolute atomic E-state index is 0.0738. The maximum atomic E-state index is 13.6. The molecule has 0 radical (unpaired) electrons. The summed E-state index contributed by atoms with van der Waals surface area (Å²) in [5.41, 5.74) is 5.51. The van der Waals surface area contributed by atoms with Crippen LogP contribution in [0.2, 0.25) is 0 Å². The van der Waals surface area contributed by atoms with Gasteiger partial charge in [0.2, 0.25) is 5.91 Å². The van der Waals surface area contributed by atoms with Gasteiger partial charge in [-0.2, -0.15) is 5.10 Å². The van der Waals surface area contributed by atoms with Crippen LogP contribution in [-0.2, 0) is 4.79 Å². The lowest BCUT2D eigenvalue weighted by molar-refractivity contribution is -0.116. The standard InChI is InChI=1S/C29H23N3O/c33-29(28(22-12-4-1-5-13-22)23-14-6-2-7-15-23)31-27-19-11-10-18-26(27)24-20-30-32(21-24)25-16-8-3-9-17-25/h1-21,28H,(H,31,33). The molecule has 1 N–H and O–H groups in total. The predicted octanol–water partition coefficient (Wildman–Crippen LogP) is 6.31. The molecule has 0 aliphatic rings. The summed E-state index contributed by atoms with van der Waals surface area (Å²) in [6, 6.07) is 37.5. The van der Waals surface area contributed by atoms with Gasteiger partial charge < -0.3 is 5.32 Å². The Morgan fingerprint density at radius 3 is 1.88 bits per heavy atom. The third-order valence-corrected chi connectivity index (χ3v) is 5.63. The van der Waals surface area contributed by atoms with Crippen LogP contribution < -0.4 is 5.32 Å². The van der Waals surface area contributed by atoms with Crippen molar-refractivity contribution in [3.8, 4) is 16.8 Å². The van der Waals surface area contributed by atoms with Crippen molar-refractivity contribution < 1.29 is 4.79 Å². The first-order chi connectivity index (χ1) is 16.3. The lowest BCUT2D eigenvalue weighted by Gasteiger charge is -2.19. The van der Waals surface area contributed by atoms with Gasteiger partial charge in [0.25, 0.3) is 0 Å². The van der Waals surface area contributed by atoms with E-state index in [9.17, 15) is 4.79 Å². The highest BCUT2D eigenvalue weighted by atomic mass is 16.1. The van der Waals surface area contributed by atoms with Crippen LogP contribution in [0.3, 0.4) is 0 Å². The lowest BCUT2D eigenvalue weighted by Crippen LogP contribution is -2.22. The number of benzene rings is 4. The zero-order valence-electron chi connectivity index (χ0n) is 18.0. The van der Waals surface area contributed by atoms with Gasteiger partial charge in [0, 0.05) is 23.0 Å². The number of carbonyl (C=O) groups is 1. The van der Waals surface area contributed by atoms with Gasteiger partial charge in [-0.1, -0.05) is 97.1 Å². The van der Waals surface area contributed by atoms with Crippen LogP contribution in [0.25, 0.3) is 16.8 Å². The van der Waals surface area contributed by atoms with E-state index in [1.54, 1.807) is 0 Å². The first kappa shape index (κ1) is 20.5. The summed E-state index contributed by atoms with van der Waals surface area (Å²) in [4.78, 5) is 13.6. The van der Waals surface area contributed by atoms with Gasteiger partial charge in [-0.05, 0) is 29.3 Å². The second kappa shape index (κ2) is 9.37. The number of hydrogen-bond donors (Lipinski definition) is 1. The van der Waals surface area contributed by atoms with Crippen molar-refractivity contribution in [2.75, 3.05) is 5.32 Å². The smallest absolute Gasteiger partial charge is 0.236 e. The Bertz CT molecular complexity index is 1310. The van der Waals surface area contributed by atoms with Crippen molar-refractivity contribution in [2.24, 2.45) is 0 Å². The molecule has 0 unspecified atom stereocenters. The number of carbonyl (C=O) groups excluding carboxylic acids is 1. The Kier molecular flexibility index (Phi) is 5.81. The molecular weight excluding hydrogens is 406 g/mol. The van der Waals surface area contributed by atoms with E-state index >= 15 is 0 Å². The SMILES string of the molecule is O=C(Nc1ccccc1-c1cnn(-c2ccccc2)c1)C(c1ccccc1)c1ccccc1. The van der Waals surface area contributed by atoms with E-state index in [2.05, 4.69) is 10.4 Å². The van der Waals surface area contributed by atoms with E-state index in [0.29, 0.717) is 0 Å². The Labute approximate surface area is 193 Å². The number of amides is 1. The van der Waals surface area contributed by atoms with E-state index in [1.807, 2.05) is 132 Å². The van der Waals surface area contributed by atoms with Crippen molar-refractivity contribution in [3.63, 3.8) is 0 Å². The fraction of sp³-hybridized carbons (Fsp3) is 0.0345. The first-order valence-electron chi connectivity index (χ1n) is 10.9. The monoisotopic (exact) mass is 429 g/mol. The molecule has 0 spiro atoms. The van der Waals surface area contributed by atoms with Gasteiger partial charge in [0.05, 0.1) is 17.8 Å². The van der Waals surface area contributed by atoms with Crippen LogP contribution >= 0.6 is 0 Å². The molecule has 4 nitrogen and oxygen atoms in total. The number of para-hydroxylation sites is 2. The summed E-state index contributed by atoms with van der Waals surface area (Å²) in [5, 5.41) is 7.70. The summed E-state index contributed by atoms with van der Waals surface area (Å²) in [6.07, 6.45) is 3.80. The molecule has 1 amide bonds. The van der Waals surface area contributed by atoms with Gasteiger partial charge in [-0.25, -0.2) is 4.68 Å². The maximum Gasteiger partial charge on any atom is 0.236 e. The molecule has 0 fully saturated rings. The van der Waals surface area contributed by atoms with Gasteiger partial charge in [0.1, 0.15) is 0 Å². The molecule has 0 bridgehead atoms. The second-order valence-electron chi connectivity index (χ2n) is 7.80. The summed E-state index contributed by atoms with van der Waals surface area (Å²) < 4.78 is 1.84. The third-order valence-electron chi connectivity index (χ3n) is 5.63. The normalized spacial score (nSPS) is 10.8. The van der Waals surface area contributed by atoms with Crippen molar-refractivity contribution in [2.45, 2.75) is 5.92 Å². The minimum atomic E-state index is -0.410. The van der Waals surface area contributed by atoms with Gasteiger partial charge in [-0.15, -0.1) is 0 Å². The molecule has 1 heterocycles. The molecule has 5 rings (SSSR count). The van der Waals surface area contributed by atoms with Crippen LogP contribution in [0.15, 0.2) is 128 Å². The van der Waals surface area contributed by atoms with E-state index < -0.39 is 5.92 Å². The van der Waals surface area contributed by atoms with E-state index in [-0.39, 0.29) is 5.91 Å². The fourth-order valence-corrected chi connectivity index (χ4v) is 4.02. The molecule has 0 atom stereocenters. The Morgan fingerprint density at radius 2 is 1.24 bits per heavy atom. The number of anilines is 1. The minimum Gasteiger partial charge on any atom is -0.325 e. The quantitative estimate of drug-likeness (QED) is 0.344. The van der Waals surface area contributed by atoms with Crippen molar-refractivity contribution in [3.05, 3.63) is 139 Å². The highest BCUT2D eigenvalue weighted by Gasteiger charge is 2.23. The lowest BCUT2D eigenvalue weighted by atomic mass is 9.90. The molecule has 4 aromatic carbocycles. The highest BCUT2D eigenvalue weighted by Crippen LogP contribution is 2.31. The van der Waals surface area contributed by atoms with Crippen LogP contribution in [0, 0.1) is 0 Å². The predicted molar refractivity (Wildman–Crippen MR) is 132 cm³/mol. The topological polar surface area (TPSA) is 46.9 Å². The second-order valence-corrected chi connectivity index (χ2v) is 7.80. The van der Waals surface area contributed by atoms with Crippen molar-refractivity contribution >= 4 is 11.6 Å². The number of hydrogen-bond acceptors (Lipinski definition) is 2. The zero-order chi connectivity index (χ0) is 22.5. The molecule has 0 aliphatic heterocycles. The van der Waals surface area contributed by atoms with Crippen LogP contribution in [0.4, 0.5) is 5.69 Å². The number of rotatable bonds is 6. The fourth-order valence-electron chi connectivity index (χ4n) is 4.02. The molecule has 0 saturated heterocycles. The number of aromatic nitrogens is 2. The van der Waals surface area contributed by atoms with Crippen LogP contribution in [0.5, 0.6) is 0 Å². The molecular formula is C29H23N3O. The summed E-state index contributed by atoms with van der Waals surface area (Å²) >= 11 is 0. The van der Waals surface area contributed by atoms with Gasteiger partial charge >= 0.3 is 0 Å². The summed E-state index contributed by atoms with van der Waals surface area (Å²) in [5.74, 6) is -0.484. The molecule has 0 aliphatic carbocycles. The highest BCUT2D eigenvalue weighted by molar-refractivity contribution is 6.01. The molecule has 0 saturated carbocycles. The largest absolute Gasteiger partial charge is 0.325 e. The molecule has 5 aromatic rings. The number of nitrogens with zero attached hydrogens (tertiary/aromatic N) is 2. The van der Waals surface area contributed by atoms with E-state index in [1.165, 1.54) is 0 Å². The van der Waals surface area contributed by atoms with Gasteiger partial charge in [0.15, 0.2) is 0 Å². The van der Waals surface area contributed by atoms with Crippen LogP contribution in [0.1, 0.15) is 17.0 Å². The van der Waals surface area contributed by atoms with Gasteiger partial charge in [-0.3, -0.25) is 4.79 Å². The first-order valence-corrected chi connectivity index (χ1v) is 10.9. The average molecular weight is 430 g/mol. The molecule has 33 heavy (non-hydrogen) atoms. The molecule has 160 valence electrons. The Balaban J connectivity index is 1.47. The van der Waals surface area contributed by atoms with Crippen molar-refractivity contribution in [1.82, 2.24) is 9.78 Å².